The van der Waals surface area contributed by atoms with Crippen LogP contribution in [0.1, 0.15) is 12.6 Å². The van der Waals surface area contributed by atoms with Crippen molar-refractivity contribution in [1.82, 2.24) is 9.29 Å². The summed E-state index contributed by atoms with van der Waals surface area (Å²) in [4.78, 5) is 4.92. The highest BCUT2D eigenvalue weighted by Crippen LogP contribution is 2.29. The fraction of sp³-hybridized carbons (Fsp3) is 0.278. The minimum absolute atomic E-state index is 0.258. The van der Waals surface area contributed by atoms with Gasteiger partial charge in [0, 0.05) is 37.0 Å². The highest BCUT2D eigenvalue weighted by atomic mass is 32.2. The zero-order valence-electron chi connectivity index (χ0n) is 15.4. The third-order valence-electron chi connectivity index (χ3n) is 3.92. The number of aromatic nitrogens is 1. The van der Waals surface area contributed by atoms with Gasteiger partial charge in [-0.3, -0.25) is 0 Å². The van der Waals surface area contributed by atoms with Gasteiger partial charge >= 0.3 is 0 Å². The summed E-state index contributed by atoms with van der Waals surface area (Å²) < 4.78 is 26.1. The number of hydrogen-bond donors (Lipinski definition) is 2. The molecule has 2 aromatic heterocycles. The lowest BCUT2D eigenvalue weighted by Crippen LogP contribution is -2.22. The first-order valence-corrected chi connectivity index (χ1v) is 11.7. The maximum atomic E-state index is 12.4. The number of nitrogens with zero attached hydrogens (tertiary/aromatic N) is 2. The average molecular weight is 423 g/mol. The number of hydrogen-bond acceptors (Lipinski definition) is 7. The fourth-order valence-electron chi connectivity index (χ4n) is 2.48. The molecule has 0 unspecified atom stereocenters. The predicted molar refractivity (Wildman–Crippen MR) is 114 cm³/mol. The molecule has 0 radical (unpaired) electrons. The lowest BCUT2D eigenvalue weighted by molar-refractivity contribution is 0.521. The van der Waals surface area contributed by atoms with Crippen molar-refractivity contribution in [2.24, 2.45) is 0 Å². The quantitative estimate of drug-likeness (QED) is 0.570. The van der Waals surface area contributed by atoms with E-state index in [9.17, 15) is 8.42 Å². The second-order valence-corrected chi connectivity index (χ2v) is 9.82. The molecule has 9 heteroatoms. The molecule has 144 valence electrons. The normalized spacial score (nSPS) is 11.7. The van der Waals surface area contributed by atoms with Crippen LogP contribution >= 0.6 is 22.7 Å². The van der Waals surface area contributed by atoms with E-state index in [0.29, 0.717) is 6.54 Å². The maximum absolute atomic E-state index is 12.4. The second-order valence-electron chi connectivity index (χ2n) is 6.03. The zero-order chi connectivity index (χ0) is 19.4. The Labute approximate surface area is 167 Å². The summed E-state index contributed by atoms with van der Waals surface area (Å²) >= 11 is 3.25. The van der Waals surface area contributed by atoms with E-state index in [1.165, 1.54) is 18.4 Å². The second kappa shape index (κ2) is 8.39. The SMILES string of the molecule is CCNc1ccc(S(=O)(=O)N(C)C)cc1NCc1csc(-c2ccsc2)n1. The van der Waals surface area contributed by atoms with Crippen LogP contribution in [0.25, 0.3) is 10.6 Å². The average Bonchev–Trinajstić information content (AvgIpc) is 3.32. The molecule has 0 saturated heterocycles. The summed E-state index contributed by atoms with van der Waals surface area (Å²) in [7, 11) is -0.427. The van der Waals surface area contributed by atoms with Crippen molar-refractivity contribution in [3.8, 4) is 10.6 Å². The van der Waals surface area contributed by atoms with Gasteiger partial charge in [-0.2, -0.15) is 11.3 Å². The molecule has 0 aliphatic rings. The number of anilines is 2. The van der Waals surface area contributed by atoms with Crippen molar-refractivity contribution in [3.05, 3.63) is 46.1 Å². The topological polar surface area (TPSA) is 74.3 Å². The van der Waals surface area contributed by atoms with Gasteiger partial charge in [-0.25, -0.2) is 17.7 Å². The highest BCUT2D eigenvalue weighted by Gasteiger charge is 2.19. The van der Waals surface area contributed by atoms with Gasteiger partial charge in [-0.15, -0.1) is 11.3 Å². The molecule has 0 amide bonds. The Kier molecular flexibility index (Phi) is 6.15. The molecular formula is C18H22N4O2S3. The molecule has 0 aliphatic heterocycles. The molecule has 2 heterocycles. The molecule has 0 saturated carbocycles. The van der Waals surface area contributed by atoms with Gasteiger partial charge in [0.2, 0.25) is 10.0 Å². The van der Waals surface area contributed by atoms with E-state index in [-0.39, 0.29) is 4.90 Å². The highest BCUT2D eigenvalue weighted by molar-refractivity contribution is 7.89. The van der Waals surface area contributed by atoms with Crippen LogP contribution in [0.15, 0.2) is 45.3 Å². The van der Waals surface area contributed by atoms with Crippen molar-refractivity contribution in [2.75, 3.05) is 31.3 Å². The number of sulfonamides is 1. The minimum atomic E-state index is -3.49. The van der Waals surface area contributed by atoms with Crippen molar-refractivity contribution in [2.45, 2.75) is 18.4 Å². The summed E-state index contributed by atoms with van der Waals surface area (Å²) in [6, 6.07) is 7.13. The van der Waals surface area contributed by atoms with Crippen LogP contribution in [0.2, 0.25) is 0 Å². The molecule has 6 nitrogen and oxygen atoms in total. The molecular weight excluding hydrogens is 400 g/mol. The van der Waals surface area contributed by atoms with E-state index in [1.54, 1.807) is 40.9 Å². The monoisotopic (exact) mass is 422 g/mol. The van der Waals surface area contributed by atoms with E-state index in [2.05, 4.69) is 27.1 Å². The molecule has 27 heavy (non-hydrogen) atoms. The van der Waals surface area contributed by atoms with Gasteiger partial charge in [0.25, 0.3) is 0 Å². The minimum Gasteiger partial charge on any atom is -0.384 e. The Morgan fingerprint density at radius 3 is 2.59 bits per heavy atom. The smallest absolute Gasteiger partial charge is 0.242 e. The molecule has 0 fully saturated rings. The first-order valence-electron chi connectivity index (χ1n) is 8.43. The van der Waals surface area contributed by atoms with Crippen LogP contribution in [0.4, 0.5) is 11.4 Å². The summed E-state index contributed by atoms with van der Waals surface area (Å²) in [6.45, 7) is 3.26. The first-order chi connectivity index (χ1) is 12.9. The summed E-state index contributed by atoms with van der Waals surface area (Å²) in [5, 5.41) is 13.7. The Morgan fingerprint density at radius 1 is 1.11 bits per heavy atom. The molecule has 3 aromatic rings. The molecule has 0 atom stereocenters. The predicted octanol–water partition coefficient (Wildman–Crippen LogP) is 4.17. The van der Waals surface area contributed by atoms with Crippen molar-refractivity contribution < 1.29 is 8.42 Å². The Morgan fingerprint density at radius 2 is 1.93 bits per heavy atom. The van der Waals surface area contributed by atoms with Crippen LogP contribution in [0.3, 0.4) is 0 Å². The first kappa shape index (κ1) is 19.8. The van der Waals surface area contributed by atoms with E-state index in [4.69, 9.17) is 0 Å². The van der Waals surface area contributed by atoms with Crippen LogP contribution in [0, 0.1) is 0 Å². The van der Waals surface area contributed by atoms with Gasteiger partial charge in [0.15, 0.2) is 0 Å². The van der Waals surface area contributed by atoms with Gasteiger partial charge in [-0.05, 0) is 36.6 Å². The standard InChI is InChI=1S/C18H22N4O2S3/c1-4-19-16-6-5-15(27(23,24)22(2)3)9-17(16)20-10-14-12-26-18(21-14)13-7-8-25-11-13/h5-9,11-12,19-20H,4,10H2,1-3H3. The number of nitrogens with one attached hydrogen (secondary N) is 2. The third kappa shape index (κ3) is 4.49. The molecule has 0 spiro atoms. The van der Waals surface area contributed by atoms with Crippen LogP contribution in [-0.4, -0.2) is 38.3 Å². The Balaban J connectivity index is 1.82. The van der Waals surface area contributed by atoms with Gasteiger partial charge in [0.05, 0.1) is 28.5 Å². The van der Waals surface area contributed by atoms with Crippen molar-refractivity contribution >= 4 is 44.1 Å². The summed E-state index contributed by atoms with van der Waals surface area (Å²) in [6.07, 6.45) is 0. The van der Waals surface area contributed by atoms with E-state index >= 15 is 0 Å². The van der Waals surface area contributed by atoms with Crippen LogP contribution in [0.5, 0.6) is 0 Å². The maximum Gasteiger partial charge on any atom is 0.242 e. The molecule has 3 rings (SSSR count). The van der Waals surface area contributed by atoms with Crippen LogP contribution in [-0.2, 0) is 16.6 Å². The molecule has 1 aromatic carbocycles. The van der Waals surface area contributed by atoms with E-state index in [0.717, 1.165) is 34.2 Å². The molecule has 0 aliphatic carbocycles. The van der Waals surface area contributed by atoms with Crippen LogP contribution < -0.4 is 10.6 Å². The molecule has 0 bridgehead atoms. The summed E-state index contributed by atoms with van der Waals surface area (Å²) in [5.41, 5.74) is 3.65. The van der Waals surface area contributed by atoms with Gasteiger partial charge in [-0.1, -0.05) is 0 Å². The lowest BCUT2D eigenvalue weighted by Gasteiger charge is -2.16. The van der Waals surface area contributed by atoms with Gasteiger partial charge in [0.1, 0.15) is 5.01 Å². The van der Waals surface area contributed by atoms with Crippen molar-refractivity contribution in [1.29, 1.82) is 0 Å². The van der Waals surface area contributed by atoms with Gasteiger partial charge < -0.3 is 10.6 Å². The number of rotatable bonds is 8. The Bertz CT molecular complexity index is 996. The fourth-order valence-corrected chi connectivity index (χ4v) is 4.94. The third-order valence-corrected chi connectivity index (χ3v) is 7.35. The number of benzene rings is 1. The van der Waals surface area contributed by atoms with E-state index in [1.807, 2.05) is 17.7 Å². The van der Waals surface area contributed by atoms with E-state index < -0.39 is 10.0 Å². The van der Waals surface area contributed by atoms with Crippen molar-refractivity contribution in [3.63, 3.8) is 0 Å². The zero-order valence-corrected chi connectivity index (χ0v) is 17.8. The largest absolute Gasteiger partial charge is 0.384 e. The summed E-state index contributed by atoms with van der Waals surface area (Å²) in [5.74, 6) is 0. The number of thiazole rings is 1. The lowest BCUT2D eigenvalue weighted by atomic mass is 10.2. The Hall–Kier alpha value is -1.94. The number of thiophene rings is 1. The molecule has 2 N–H and O–H groups in total.